The highest BCUT2D eigenvalue weighted by Crippen LogP contribution is 2.45. The fourth-order valence-electron chi connectivity index (χ4n) is 8.55. The molecule has 0 atom stereocenters. The van der Waals surface area contributed by atoms with E-state index in [1.807, 2.05) is 0 Å². The molecule has 0 unspecified atom stereocenters. The van der Waals surface area contributed by atoms with Crippen molar-refractivity contribution >= 4 is 21.8 Å². The van der Waals surface area contributed by atoms with Crippen molar-refractivity contribution in [2.45, 2.75) is 24.7 Å². The summed E-state index contributed by atoms with van der Waals surface area (Å²) in [6.45, 7) is 0. The predicted molar refractivity (Wildman–Crippen MR) is 247 cm³/mol. The average Bonchev–Trinajstić information content (AvgIpc) is 3.68. The Kier molecular flexibility index (Phi) is 11.5. The summed E-state index contributed by atoms with van der Waals surface area (Å²) in [5.74, 6) is 0.0691. The number of halogens is 13. The second-order valence-corrected chi connectivity index (χ2v) is 16.7. The number of hydrogen-bond donors (Lipinski definition) is 0. The van der Waals surface area contributed by atoms with Crippen LogP contribution in [0.1, 0.15) is 22.3 Å². The first-order chi connectivity index (χ1) is 34.1. The van der Waals surface area contributed by atoms with Crippen LogP contribution in [-0.2, 0) is 24.7 Å². The number of hydrogen-bond acceptors (Lipinski definition) is 3. The zero-order chi connectivity index (χ0) is 50.9. The molecule has 0 amide bonds. The van der Waals surface area contributed by atoms with Crippen molar-refractivity contribution in [1.82, 2.24) is 19.5 Å². The molecule has 72 heavy (non-hydrogen) atoms. The molecule has 360 valence electrons. The van der Waals surface area contributed by atoms with Gasteiger partial charge in [0.25, 0.3) is 0 Å². The number of nitrogens with zero attached hydrogens (tertiary/aromatic N) is 4. The monoisotopic (exact) mass is 992 g/mol. The van der Waals surface area contributed by atoms with Gasteiger partial charge in [0, 0.05) is 33.0 Å². The summed E-state index contributed by atoms with van der Waals surface area (Å²) in [7, 11) is 0. The summed E-state index contributed by atoms with van der Waals surface area (Å²) in [4.78, 5) is 14.4. The van der Waals surface area contributed by atoms with Gasteiger partial charge >= 0.3 is 24.7 Å². The summed E-state index contributed by atoms with van der Waals surface area (Å²) in [5, 5.41) is 0.661. The Labute approximate surface area is 399 Å². The van der Waals surface area contributed by atoms with E-state index >= 15 is 0 Å². The quantitative estimate of drug-likeness (QED) is 0.149. The van der Waals surface area contributed by atoms with Gasteiger partial charge in [-0.05, 0) is 94.5 Å². The van der Waals surface area contributed by atoms with Crippen molar-refractivity contribution in [1.29, 1.82) is 0 Å². The van der Waals surface area contributed by atoms with Gasteiger partial charge in [-0.1, -0.05) is 109 Å². The lowest BCUT2D eigenvalue weighted by molar-refractivity contribution is -0.144. The van der Waals surface area contributed by atoms with Crippen molar-refractivity contribution in [2.75, 3.05) is 0 Å². The van der Waals surface area contributed by atoms with Gasteiger partial charge < -0.3 is 4.57 Å². The third-order valence-electron chi connectivity index (χ3n) is 12.0. The van der Waals surface area contributed by atoms with Crippen LogP contribution in [0.2, 0.25) is 0 Å². The maximum absolute atomic E-state index is 14.5. The second kappa shape index (κ2) is 17.5. The Balaban J connectivity index is 1.30. The number of rotatable bonds is 7. The summed E-state index contributed by atoms with van der Waals surface area (Å²) in [6, 6.07) is 38.5. The van der Waals surface area contributed by atoms with Crippen LogP contribution >= 0.6 is 0 Å². The maximum Gasteiger partial charge on any atom is 0.416 e. The first-order valence-electron chi connectivity index (χ1n) is 21.5. The Bertz CT molecular complexity index is 3430. The fourth-order valence-corrected chi connectivity index (χ4v) is 8.55. The highest BCUT2D eigenvalue weighted by molar-refractivity contribution is 6.12. The molecule has 2 heterocycles. The van der Waals surface area contributed by atoms with Crippen molar-refractivity contribution in [2.24, 2.45) is 0 Å². The minimum absolute atomic E-state index is 0.00735. The Hall–Kier alpha value is -8.34. The summed E-state index contributed by atoms with van der Waals surface area (Å²) < 4.78 is 187. The molecule has 0 aliphatic rings. The second-order valence-electron chi connectivity index (χ2n) is 16.7. The van der Waals surface area contributed by atoms with Crippen molar-refractivity contribution in [3.05, 3.63) is 204 Å². The van der Waals surface area contributed by atoms with E-state index in [4.69, 9.17) is 15.0 Å². The van der Waals surface area contributed by atoms with Crippen LogP contribution in [0.25, 0.3) is 95.0 Å². The lowest BCUT2D eigenvalue weighted by atomic mass is 9.97. The molecule has 2 aromatic heterocycles. The van der Waals surface area contributed by atoms with Crippen molar-refractivity contribution in [3.63, 3.8) is 0 Å². The van der Waals surface area contributed by atoms with E-state index in [1.165, 1.54) is 65.2 Å². The average molecular weight is 993 g/mol. The third-order valence-corrected chi connectivity index (χ3v) is 12.0. The van der Waals surface area contributed by atoms with E-state index in [0.717, 1.165) is 0 Å². The lowest BCUT2D eigenvalue weighted by Gasteiger charge is -2.18. The zero-order valence-electron chi connectivity index (χ0n) is 36.4. The number of fused-ring (bicyclic) bond motifs is 3. The summed E-state index contributed by atoms with van der Waals surface area (Å²) >= 11 is 0. The molecule has 0 bridgehead atoms. The maximum atomic E-state index is 14.5. The molecule has 10 rings (SSSR count). The molecular weight excluding hydrogens is 964 g/mol. The molecule has 8 aromatic carbocycles. The molecule has 0 saturated carbocycles. The third kappa shape index (κ3) is 9.24. The topological polar surface area (TPSA) is 43.6 Å². The van der Waals surface area contributed by atoms with Crippen LogP contribution < -0.4 is 0 Å². The van der Waals surface area contributed by atoms with Crippen LogP contribution in [0.15, 0.2) is 176 Å². The van der Waals surface area contributed by atoms with Gasteiger partial charge in [-0.3, -0.25) is 0 Å². The molecule has 0 spiro atoms. The molecular formula is C55H29F13N4. The molecule has 17 heteroatoms. The summed E-state index contributed by atoms with van der Waals surface area (Å²) in [6.07, 6.45) is -20.8. The molecule has 0 radical (unpaired) electrons. The molecule has 0 fully saturated rings. The fraction of sp³-hybridized carbons (Fsp3) is 0.0727. The van der Waals surface area contributed by atoms with Gasteiger partial charge in [-0.2, -0.15) is 52.7 Å². The Morgan fingerprint density at radius 3 is 1.06 bits per heavy atom. The Morgan fingerprint density at radius 1 is 0.306 bits per heavy atom. The number of alkyl halides is 12. The normalized spacial score (nSPS) is 12.5. The number of aromatic nitrogens is 4. The minimum atomic E-state index is -5.19. The van der Waals surface area contributed by atoms with Gasteiger partial charge in [0.1, 0.15) is 5.82 Å². The van der Waals surface area contributed by atoms with Crippen molar-refractivity contribution in [3.8, 4) is 73.2 Å². The highest BCUT2D eigenvalue weighted by atomic mass is 19.4. The van der Waals surface area contributed by atoms with E-state index in [1.54, 1.807) is 78.9 Å². The smallest absolute Gasteiger partial charge is 0.309 e. The molecule has 0 aliphatic heterocycles. The molecule has 0 N–H and O–H groups in total. The minimum Gasteiger partial charge on any atom is -0.309 e. The van der Waals surface area contributed by atoms with E-state index in [9.17, 15) is 57.1 Å². The zero-order valence-corrected chi connectivity index (χ0v) is 36.4. The standard InChI is InChI=1S/C55H29F13N4/c56-42-16-11-30(12-17-42)43-18-15-35(51-70-49(31-7-3-1-4-8-31)69-50(71-51)32-9-5-2-6-10-32)27-46(43)72-47-25-33(36-21-38(52(57,58)59)28-39(22-36)53(60,61)62)13-19-44(47)45-20-14-34(26-48(45)72)37-23-40(54(63,64)65)29-41(24-37)55(66,67)68/h1-29H. The highest BCUT2D eigenvalue weighted by Gasteiger charge is 2.39. The SMILES string of the molecule is Fc1ccc(-c2ccc(-c3nc(-c4ccccc4)nc(-c4ccccc4)n3)cc2-n2c3cc(-c4cc(C(F)(F)F)cc(C(F)(F)F)c4)ccc3c3ccc(-c4cc(C(F)(F)F)cc(C(F)(F)F)c4)cc32)cc1. The van der Waals surface area contributed by atoms with E-state index in [2.05, 4.69) is 0 Å². The van der Waals surface area contributed by atoms with Gasteiger partial charge in [0.05, 0.1) is 39.0 Å². The van der Waals surface area contributed by atoms with Gasteiger partial charge in [-0.25, -0.2) is 19.3 Å². The van der Waals surface area contributed by atoms with Gasteiger partial charge in [0.2, 0.25) is 0 Å². The summed E-state index contributed by atoms with van der Waals surface area (Å²) in [5.41, 5.74) is -4.70. The first-order valence-corrected chi connectivity index (χ1v) is 21.5. The van der Waals surface area contributed by atoms with E-state index < -0.39 is 63.9 Å². The lowest BCUT2D eigenvalue weighted by Crippen LogP contribution is -2.11. The van der Waals surface area contributed by atoms with Gasteiger partial charge in [-0.15, -0.1) is 0 Å². The largest absolute Gasteiger partial charge is 0.416 e. The van der Waals surface area contributed by atoms with E-state index in [-0.39, 0.29) is 57.5 Å². The predicted octanol–water partition coefficient (Wildman–Crippen LogP) is 17.2. The molecule has 10 aromatic rings. The number of benzene rings is 8. The molecule has 4 nitrogen and oxygen atoms in total. The van der Waals surface area contributed by atoms with Crippen LogP contribution in [-0.4, -0.2) is 19.5 Å². The van der Waals surface area contributed by atoms with Crippen LogP contribution in [0, 0.1) is 5.82 Å². The van der Waals surface area contributed by atoms with Crippen LogP contribution in [0.4, 0.5) is 57.1 Å². The molecule has 0 saturated heterocycles. The van der Waals surface area contributed by atoms with Crippen LogP contribution in [0.3, 0.4) is 0 Å². The van der Waals surface area contributed by atoms with E-state index in [0.29, 0.717) is 62.9 Å². The first kappa shape index (κ1) is 47.3. The van der Waals surface area contributed by atoms with Gasteiger partial charge in [0.15, 0.2) is 17.5 Å². The molecule has 0 aliphatic carbocycles. The Morgan fingerprint density at radius 2 is 0.667 bits per heavy atom. The van der Waals surface area contributed by atoms with Crippen molar-refractivity contribution < 1.29 is 57.1 Å². The van der Waals surface area contributed by atoms with Crippen LogP contribution in [0.5, 0.6) is 0 Å².